The van der Waals surface area contributed by atoms with E-state index in [-0.39, 0.29) is 30.8 Å². The quantitative estimate of drug-likeness (QED) is 0.818. The summed E-state index contributed by atoms with van der Waals surface area (Å²) >= 11 is 0. The number of carbonyl (C=O) groups is 2. The molecule has 2 amide bonds. The van der Waals surface area contributed by atoms with Gasteiger partial charge in [0.1, 0.15) is 6.04 Å². The van der Waals surface area contributed by atoms with Gasteiger partial charge >= 0.3 is 0 Å². The van der Waals surface area contributed by atoms with Gasteiger partial charge in [0.15, 0.2) is 0 Å². The molecule has 24 heavy (non-hydrogen) atoms. The van der Waals surface area contributed by atoms with E-state index in [1.165, 1.54) is 0 Å². The van der Waals surface area contributed by atoms with Crippen molar-refractivity contribution in [2.45, 2.75) is 24.3 Å². The summed E-state index contributed by atoms with van der Waals surface area (Å²) in [4.78, 5) is 25.7. The summed E-state index contributed by atoms with van der Waals surface area (Å²) in [7, 11) is 0. The van der Waals surface area contributed by atoms with Crippen molar-refractivity contribution in [2.24, 2.45) is 0 Å². The fourth-order valence-corrected chi connectivity index (χ4v) is 3.33. The van der Waals surface area contributed by atoms with Crippen molar-refractivity contribution >= 4 is 24.2 Å². The average Bonchev–Trinajstić information content (AvgIpc) is 2.62. The zero-order valence-corrected chi connectivity index (χ0v) is 14.1. The number of halogens is 1. The Morgan fingerprint density at radius 1 is 1.25 bits per heavy atom. The first-order valence-corrected chi connectivity index (χ1v) is 7.90. The van der Waals surface area contributed by atoms with E-state index in [2.05, 4.69) is 16.7 Å². The molecule has 2 aliphatic rings. The molecule has 1 atom stereocenters. The van der Waals surface area contributed by atoms with Gasteiger partial charge in [0.05, 0.1) is 18.0 Å². The van der Waals surface area contributed by atoms with Crippen molar-refractivity contribution in [2.75, 3.05) is 26.2 Å². The number of piperazine rings is 1. The Morgan fingerprint density at radius 2 is 1.92 bits per heavy atom. The lowest BCUT2D eigenvalue weighted by Crippen LogP contribution is -2.60. The summed E-state index contributed by atoms with van der Waals surface area (Å²) in [5.74, 6) is -0.215. The van der Waals surface area contributed by atoms with Crippen LogP contribution in [0.2, 0.25) is 0 Å². The smallest absolute Gasteiger partial charge is 0.246 e. The summed E-state index contributed by atoms with van der Waals surface area (Å²) in [6, 6.07) is 11.7. The highest BCUT2D eigenvalue weighted by molar-refractivity contribution is 5.89. The number of nitrogens with one attached hydrogen (secondary N) is 2. The van der Waals surface area contributed by atoms with Gasteiger partial charge in [-0.1, -0.05) is 30.3 Å². The number of benzene rings is 1. The third-order valence-corrected chi connectivity index (χ3v) is 4.74. The van der Waals surface area contributed by atoms with Crippen molar-refractivity contribution in [3.8, 4) is 6.07 Å². The molecule has 1 unspecified atom stereocenters. The Bertz CT molecular complexity index is 636. The van der Waals surface area contributed by atoms with Gasteiger partial charge in [0.2, 0.25) is 11.8 Å². The highest BCUT2D eigenvalue weighted by atomic mass is 35.5. The number of nitrogens with zero attached hydrogens (tertiary/aromatic N) is 2. The Hall–Kier alpha value is -2.10. The molecule has 2 N–H and O–H groups in total. The Balaban J connectivity index is 0.00000208. The van der Waals surface area contributed by atoms with E-state index >= 15 is 0 Å². The van der Waals surface area contributed by atoms with Crippen molar-refractivity contribution in [1.29, 1.82) is 5.26 Å². The Kier molecular flexibility index (Phi) is 5.81. The molecule has 2 fully saturated rings. The number of rotatable bonds is 2. The summed E-state index contributed by atoms with van der Waals surface area (Å²) in [5, 5.41) is 15.4. The lowest BCUT2D eigenvalue weighted by Gasteiger charge is -2.39. The number of nitriles is 1. The SMILES string of the molecule is Cl.N#CC1(c2ccccc2)CCN(C(=O)C2CNCC(=O)N2)CC1. The maximum Gasteiger partial charge on any atom is 0.246 e. The predicted molar refractivity (Wildman–Crippen MR) is 91.6 cm³/mol. The fourth-order valence-electron chi connectivity index (χ4n) is 3.33. The number of hydrogen-bond acceptors (Lipinski definition) is 4. The fraction of sp³-hybridized carbons (Fsp3) is 0.471. The van der Waals surface area contributed by atoms with E-state index in [0.717, 1.165) is 5.56 Å². The molecule has 1 aromatic carbocycles. The standard InChI is InChI=1S/C17H20N4O2.ClH/c18-12-17(13-4-2-1-3-5-13)6-8-21(9-7-17)16(23)14-10-19-11-15(22)20-14;/h1-5,14,19H,6-11H2,(H,20,22);1H. The lowest BCUT2D eigenvalue weighted by atomic mass is 9.74. The van der Waals surface area contributed by atoms with E-state index in [4.69, 9.17) is 0 Å². The maximum atomic E-state index is 12.5. The first-order chi connectivity index (χ1) is 11.1. The monoisotopic (exact) mass is 348 g/mol. The molecule has 3 rings (SSSR count). The molecule has 6 nitrogen and oxygen atoms in total. The van der Waals surface area contributed by atoms with Crippen molar-refractivity contribution in [3.05, 3.63) is 35.9 Å². The topological polar surface area (TPSA) is 85.2 Å². The maximum absolute atomic E-state index is 12.5. The second kappa shape index (κ2) is 7.65. The zero-order valence-electron chi connectivity index (χ0n) is 13.3. The van der Waals surface area contributed by atoms with Crippen molar-refractivity contribution < 1.29 is 9.59 Å². The molecule has 2 heterocycles. The minimum atomic E-state index is -0.522. The normalized spacial score (nSPS) is 22.7. The van der Waals surface area contributed by atoms with Crippen LogP contribution in [0.1, 0.15) is 18.4 Å². The van der Waals surface area contributed by atoms with E-state index < -0.39 is 11.5 Å². The Labute approximate surface area is 147 Å². The number of carbonyl (C=O) groups excluding carboxylic acids is 2. The summed E-state index contributed by atoms with van der Waals surface area (Å²) in [5.41, 5.74) is 0.494. The molecule has 2 aliphatic heterocycles. The van der Waals surface area contributed by atoms with E-state index in [1.807, 2.05) is 30.3 Å². The lowest BCUT2D eigenvalue weighted by molar-refractivity contribution is -0.138. The van der Waals surface area contributed by atoms with Gasteiger partial charge in [-0.2, -0.15) is 5.26 Å². The molecule has 128 valence electrons. The summed E-state index contributed by atoms with van der Waals surface area (Å²) in [6.07, 6.45) is 1.24. The average molecular weight is 349 g/mol. The van der Waals surface area contributed by atoms with E-state index in [0.29, 0.717) is 32.5 Å². The van der Waals surface area contributed by atoms with Crippen molar-refractivity contribution in [3.63, 3.8) is 0 Å². The van der Waals surface area contributed by atoms with Gasteiger partial charge in [-0.05, 0) is 18.4 Å². The van der Waals surface area contributed by atoms with Crippen LogP contribution in [-0.2, 0) is 15.0 Å². The van der Waals surface area contributed by atoms with Gasteiger partial charge in [-0.15, -0.1) is 12.4 Å². The molecule has 0 radical (unpaired) electrons. The minimum Gasteiger partial charge on any atom is -0.342 e. The number of amides is 2. The predicted octanol–water partition coefficient (Wildman–Crippen LogP) is 0.580. The largest absolute Gasteiger partial charge is 0.342 e. The molecule has 0 aliphatic carbocycles. The van der Waals surface area contributed by atoms with Crippen LogP contribution in [0.4, 0.5) is 0 Å². The number of piperidine rings is 1. The van der Waals surface area contributed by atoms with Gasteiger partial charge in [0.25, 0.3) is 0 Å². The van der Waals surface area contributed by atoms with Gasteiger partial charge in [-0.3, -0.25) is 9.59 Å². The van der Waals surface area contributed by atoms with Crippen molar-refractivity contribution in [1.82, 2.24) is 15.5 Å². The highest BCUT2D eigenvalue weighted by Gasteiger charge is 2.39. The van der Waals surface area contributed by atoms with Gasteiger partial charge in [0, 0.05) is 19.6 Å². The van der Waals surface area contributed by atoms with Crippen LogP contribution in [-0.4, -0.2) is 48.9 Å². The van der Waals surface area contributed by atoms with Crippen LogP contribution in [0.5, 0.6) is 0 Å². The Morgan fingerprint density at radius 3 is 2.50 bits per heavy atom. The third kappa shape index (κ3) is 3.53. The minimum absolute atomic E-state index is 0. The van der Waals surface area contributed by atoms with E-state index in [1.54, 1.807) is 4.90 Å². The molecule has 7 heteroatoms. The molecular weight excluding hydrogens is 328 g/mol. The van der Waals surface area contributed by atoms with E-state index in [9.17, 15) is 14.9 Å². The van der Waals surface area contributed by atoms with Crippen LogP contribution in [0.25, 0.3) is 0 Å². The number of hydrogen-bond donors (Lipinski definition) is 2. The summed E-state index contributed by atoms with van der Waals surface area (Å²) < 4.78 is 0. The van der Waals surface area contributed by atoms with Crippen LogP contribution >= 0.6 is 12.4 Å². The first-order valence-electron chi connectivity index (χ1n) is 7.90. The number of likely N-dealkylation sites (tertiary alicyclic amines) is 1. The van der Waals surface area contributed by atoms with Crippen LogP contribution in [0, 0.1) is 11.3 Å². The zero-order chi connectivity index (χ0) is 16.3. The third-order valence-electron chi connectivity index (χ3n) is 4.74. The molecular formula is C17H21ClN4O2. The van der Waals surface area contributed by atoms with Crippen LogP contribution in [0.3, 0.4) is 0 Å². The van der Waals surface area contributed by atoms with Crippen LogP contribution < -0.4 is 10.6 Å². The first kappa shape index (κ1) is 18.2. The summed E-state index contributed by atoms with van der Waals surface area (Å²) in [6.45, 7) is 1.79. The molecule has 1 aromatic rings. The van der Waals surface area contributed by atoms with Gasteiger partial charge < -0.3 is 15.5 Å². The molecule has 0 bridgehead atoms. The molecule has 0 saturated carbocycles. The molecule has 2 saturated heterocycles. The second-order valence-electron chi connectivity index (χ2n) is 6.14. The molecule has 0 spiro atoms. The second-order valence-corrected chi connectivity index (χ2v) is 6.14. The van der Waals surface area contributed by atoms with Gasteiger partial charge in [-0.25, -0.2) is 0 Å². The highest BCUT2D eigenvalue weighted by Crippen LogP contribution is 2.34. The van der Waals surface area contributed by atoms with Crippen LogP contribution in [0.15, 0.2) is 30.3 Å². The molecule has 0 aromatic heterocycles.